The number of nitrogens with two attached hydrogens (primary N) is 3. The van der Waals surface area contributed by atoms with Gasteiger partial charge in [-0.05, 0) is 99.2 Å². The van der Waals surface area contributed by atoms with Crippen molar-refractivity contribution >= 4 is 35.8 Å². The Labute approximate surface area is 271 Å². The van der Waals surface area contributed by atoms with Crippen molar-refractivity contribution in [3.05, 3.63) is 54.1 Å². The van der Waals surface area contributed by atoms with Crippen molar-refractivity contribution in [2.45, 2.75) is 88.4 Å². The standard InChI is InChI=1S/C34H47N5O5.ClH/c1-2-26(36)30(42)34(31(43)27(37)15-21-8-10-25(40)11-9-21)24-13-22-12-23(14-24)18-33(34,17-22)39-32(44)28(38-29(41)19-35)16-20-6-4-3-5-7-20;/h3-6,8-11,20,22-24,26-28,40H,2,7,12-19,35-37H2,1H3,(H,38,41)(H,39,44);1H/t20?,22?,23?,24?,26?,27-,28-,33?,34?;/m0./s1. The van der Waals surface area contributed by atoms with E-state index in [9.17, 15) is 24.3 Å². The van der Waals surface area contributed by atoms with Gasteiger partial charge in [0, 0.05) is 0 Å². The van der Waals surface area contributed by atoms with E-state index in [0.717, 1.165) is 18.4 Å². The zero-order chi connectivity index (χ0) is 31.6. The zero-order valence-corrected chi connectivity index (χ0v) is 26.8. The number of rotatable bonds is 13. The zero-order valence-electron chi connectivity index (χ0n) is 26.0. The highest BCUT2D eigenvalue weighted by molar-refractivity contribution is 6.13. The molecule has 4 bridgehead atoms. The monoisotopic (exact) mass is 641 g/mol. The highest BCUT2D eigenvalue weighted by Gasteiger charge is 2.73. The number of allylic oxidation sites excluding steroid dienone is 4. The molecule has 4 saturated carbocycles. The number of hydrogen-bond donors (Lipinski definition) is 6. The highest BCUT2D eigenvalue weighted by Crippen LogP contribution is 2.65. The minimum Gasteiger partial charge on any atom is -0.508 e. The molecular formula is C34H48ClN5O5. The fraction of sp³-hybridized carbons (Fsp3) is 0.588. The summed E-state index contributed by atoms with van der Waals surface area (Å²) in [4.78, 5) is 56.3. The number of phenolic OH excluding ortho intramolecular Hbond substituents is 1. The summed E-state index contributed by atoms with van der Waals surface area (Å²) < 4.78 is 0. The molecule has 246 valence electrons. The second kappa shape index (κ2) is 14.2. The van der Waals surface area contributed by atoms with Crippen LogP contribution in [0.4, 0.5) is 0 Å². The molecule has 10 nitrogen and oxygen atoms in total. The van der Waals surface area contributed by atoms with Crippen LogP contribution in [0.1, 0.15) is 63.9 Å². The molecule has 45 heavy (non-hydrogen) atoms. The summed E-state index contributed by atoms with van der Waals surface area (Å²) in [6.07, 6.45) is 12.9. The van der Waals surface area contributed by atoms with Gasteiger partial charge in [-0.3, -0.25) is 19.2 Å². The molecule has 5 unspecified atom stereocenters. The van der Waals surface area contributed by atoms with Crippen LogP contribution in [-0.2, 0) is 25.6 Å². The fourth-order valence-electron chi connectivity index (χ4n) is 8.90. The maximum absolute atomic E-state index is 14.9. The van der Waals surface area contributed by atoms with Crippen LogP contribution in [0.3, 0.4) is 0 Å². The van der Waals surface area contributed by atoms with Gasteiger partial charge >= 0.3 is 0 Å². The number of benzene rings is 1. The molecule has 5 aliphatic rings. The van der Waals surface area contributed by atoms with Gasteiger partial charge in [-0.2, -0.15) is 0 Å². The van der Waals surface area contributed by atoms with Crippen molar-refractivity contribution in [3.63, 3.8) is 0 Å². The third-order valence-corrected chi connectivity index (χ3v) is 10.6. The number of amides is 2. The smallest absolute Gasteiger partial charge is 0.243 e. The van der Waals surface area contributed by atoms with Crippen LogP contribution < -0.4 is 27.8 Å². The molecule has 6 rings (SSSR count). The summed E-state index contributed by atoms with van der Waals surface area (Å²) in [5.74, 6) is -1.23. The molecule has 9 N–H and O–H groups in total. The average Bonchev–Trinajstić information content (AvgIpc) is 3.01. The Kier molecular flexibility index (Phi) is 11.0. The number of ketones is 2. The Morgan fingerprint density at radius 2 is 1.62 bits per heavy atom. The van der Waals surface area contributed by atoms with E-state index in [1.807, 2.05) is 31.2 Å². The summed E-state index contributed by atoms with van der Waals surface area (Å²) in [7, 11) is 0. The summed E-state index contributed by atoms with van der Waals surface area (Å²) in [5, 5.41) is 15.8. The molecule has 0 heterocycles. The van der Waals surface area contributed by atoms with Crippen molar-refractivity contribution in [2.24, 2.45) is 46.3 Å². The first-order chi connectivity index (χ1) is 21.0. The van der Waals surface area contributed by atoms with Crippen molar-refractivity contribution < 1.29 is 24.3 Å². The molecular weight excluding hydrogens is 594 g/mol. The van der Waals surface area contributed by atoms with Crippen molar-refractivity contribution in [1.82, 2.24) is 10.6 Å². The van der Waals surface area contributed by atoms with Gasteiger partial charge in [0.15, 0.2) is 11.6 Å². The van der Waals surface area contributed by atoms with E-state index >= 15 is 0 Å². The Balaban J connectivity index is 0.00000461. The van der Waals surface area contributed by atoms with Crippen LogP contribution in [0, 0.1) is 29.1 Å². The molecule has 4 fully saturated rings. The Hall–Kier alpha value is -3.05. The maximum Gasteiger partial charge on any atom is 0.243 e. The lowest BCUT2D eigenvalue weighted by Gasteiger charge is -2.66. The molecule has 0 radical (unpaired) electrons. The molecule has 11 heteroatoms. The lowest BCUT2D eigenvalue weighted by Crippen LogP contribution is -2.79. The number of Topliss-reactive ketones (excluding diaryl/α,β-unsaturated/α-hetero) is 2. The Morgan fingerprint density at radius 3 is 2.20 bits per heavy atom. The average molecular weight is 642 g/mol. The lowest BCUT2D eigenvalue weighted by molar-refractivity contribution is -0.181. The van der Waals surface area contributed by atoms with E-state index in [2.05, 4.69) is 10.6 Å². The molecule has 0 aromatic heterocycles. The molecule has 2 amide bonds. The van der Waals surface area contributed by atoms with E-state index in [1.165, 1.54) is 12.1 Å². The normalized spacial score (nSPS) is 31.4. The van der Waals surface area contributed by atoms with E-state index in [-0.39, 0.29) is 66.4 Å². The van der Waals surface area contributed by atoms with Gasteiger partial charge in [-0.1, -0.05) is 43.4 Å². The largest absolute Gasteiger partial charge is 0.508 e. The van der Waals surface area contributed by atoms with Crippen LogP contribution in [0.25, 0.3) is 0 Å². The molecule has 0 aliphatic heterocycles. The first kappa shape index (κ1) is 34.8. The second-order valence-corrected chi connectivity index (χ2v) is 13.5. The summed E-state index contributed by atoms with van der Waals surface area (Å²) >= 11 is 0. The van der Waals surface area contributed by atoms with E-state index in [0.29, 0.717) is 38.5 Å². The van der Waals surface area contributed by atoms with Crippen molar-refractivity contribution in [3.8, 4) is 5.75 Å². The van der Waals surface area contributed by atoms with Gasteiger partial charge < -0.3 is 32.9 Å². The number of carbonyl (C=O) groups is 4. The van der Waals surface area contributed by atoms with Gasteiger partial charge in [0.25, 0.3) is 0 Å². The van der Waals surface area contributed by atoms with Crippen molar-refractivity contribution in [2.75, 3.05) is 6.54 Å². The second-order valence-electron chi connectivity index (χ2n) is 13.5. The third-order valence-electron chi connectivity index (χ3n) is 10.6. The topological polar surface area (TPSA) is 191 Å². The Morgan fingerprint density at radius 1 is 0.978 bits per heavy atom. The molecule has 7 atom stereocenters. The summed E-state index contributed by atoms with van der Waals surface area (Å²) in [6, 6.07) is 3.69. The summed E-state index contributed by atoms with van der Waals surface area (Å²) in [6.45, 7) is 1.56. The minimum absolute atomic E-state index is 0. The van der Waals surface area contributed by atoms with E-state index in [4.69, 9.17) is 17.2 Å². The van der Waals surface area contributed by atoms with Gasteiger partial charge in [-0.25, -0.2) is 0 Å². The molecule has 5 aliphatic carbocycles. The maximum atomic E-state index is 14.9. The predicted molar refractivity (Wildman–Crippen MR) is 174 cm³/mol. The molecule has 1 aromatic rings. The van der Waals surface area contributed by atoms with Gasteiger partial charge in [0.1, 0.15) is 17.2 Å². The molecule has 1 aromatic carbocycles. The van der Waals surface area contributed by atoms with Crippen LogP contribution in [-0.4, -0.2) is 58.7 Å². The number of hydrogen-bond acceptors (Lipinski definition) is 8. The van der Waals surface area contributed by atoms with Crippen LogP contribution in [0.5, 0.6) is 5.75 Å². The number of phenols is 1. The molecule has 0 saturated heterocycles. The van der Waals surface area contributed by atoms with Gasteiger partial charge in [0.2, 0.25) is 11.8 Å². The first-order valence-electron chi connectivity index (χ1n) is 16.0. The highest BCUT2D eigenvalue weighted by atomic mass is 35.5. The van der Waals surface area contributed by atoms with Gasteiger partial charge in [0.05, 0.1) is 24.2 Å². The van der Waals surface area contributed by atoms with E-state index < -0.39 is 40.9 Å². The number of halogens is 1. The minimum atomic E-state index is -1.59. The van der Waals surface area contributed by atoms with Crippen LogP contribution in [0.2, 0.25) is 0 Å². The van der Waals surface area contributed by atoms with Gasteiger partial charge in [-0.15, -0.1) is 12.4 Å². The summed E-state index contributed by atoms with van der Waals surface area (Å²) in [5.41, 5.74) is 16.8. The quantitative estimate of drug-likeness (QED) is 0.177. The number of aromatic hydroxyl groups is 1. The fourth-order valence-corrected chi connectivity index (χ4v) is 8.90. The lowest BCUT2D eigenvalue weighted by atomic mass is 9.38. The molecule has 0 spiro atoms. The third kappa shape index (κ3) is 6.61. The number of nitrogens with one attached hydrogen (secondary N) is 2. The van der Waals surface area contributed by atoms with E-state index in [1.54, 1.807) is 12.1 Å². The van der Waals surface area contributed by atoms with Crippen molar-refractivity contribution in [1.29, 1.82) is 0 Å². The number of carbonyl (C=O) groups excluding carboxylic acids is 4. The van der Waals surface area contributed by atoms with Crippen LogP contribution in [0.15, 0.2) is 48.6 Å². The SMILES string of the molecule is CCC(N)C(=O)C1(C(=O)[C@@H](N)Cc2ccc(O)cc2)C2CC3CC(C2)CC1(NC(=O)[C@H](CC1C=CC=CC1)NC(=O)CN)C3.Cl. The van der Waals surface area contributed by atoms with Crippen LogP contribution >= 0.6 is 12.4 Å². The predicted octanol–water partition coefficient (Wildman–Crippen LogP) is 2.21. The Bertz CT molecular complexity index is 1320. The first-order valence-corrected chi connectivity index (χ1v) is 16.0.